The van der Waals surface area contributed by atoms with Crippen molar-refractivity contribution in [3.63, 3.8) is 0 Å². The monoisotopic (exact) mass is 264 g/mol. The molecule has 3 rings (SSSR count). The second-order valence-electron chi connectivity index (χ2n) is 4.97. The molecule has 100 valence electrons. The summed E-state index contributed by atoms with van der Waals surface area (Å²) in [6.07, 6.45) is 0.849. The quantitative estimate of drug-likeness (QED) is 0.726. The van der Waals surface area contributed by atoms with Gasteiger partial charge in [-0.15, -0.1) is 0 Å². The number of Topliss-reactive ketones (excluding diaryl/α,β-unsaturated/α-hetero) is 1. The highest BCUT2D eigenvalue weighted by Crippen LogP contribution is 2.18. The highest BCUT2D eigenvalue weighted by molar-refractivity contribution is 5.89. The number of aromatic nitrogens is 2. The first kappa shape index (κ1) is 12.6. The lowest BCUT2D eigenvalue weighted by Gasteiger charge is -2.00. The summed E-state index contributed by atoms with van der Waals surface area (Å²) < 4.78 is 1.83. The zero-order valence-corrected chi connectivity index (χ0v) is 11.4. The van der Waals surface area contributed by atoms with Crippen LogP contribution < -0.4 is 0 Å². The number of nitrogens with zero attached hydrogens (tertiary/aromatic N) is 2. The Hall–Kier alpha value is -2.42. The normalized spacial score (nSPS) is 10.8. The third-order valence-corrected chi connectivity index (χ3v) is 3.44. The van der Waals surface area contributed by atoms with Crippen molar-refractivity contribution in [3.8, 4) is 0 Å². The topological polar surface area (TPSA) is 34.9 Å². The van der Waals surface area contributed by atoms with Gasteiger partial charge >= 0.3 is 0 Å². The van der Waals surface area contributed by atoms with Crippen molar-refractivity contribution in [1.29, 1.82) is 0 Å². The summed E-state index contributed by atoms with van der Waals surface area (Å²) in [6, 6.07) is 17.8. The van der Waals surface area contributed by atoms with Crippen LogP contribution in [0, 0.1) is 0 Å². The van der Waals surface area contributed by atoms with Crippen LogP contribution in [-0.4, -0.2) is 15.6 Å². The van der Waals surface area contributed by atoms with E-state index < -0.39 is 0 Å². The average Bonchev–Trinajstić information content (AvgIpc) is 2.77. The molecule has 0 spiro atoms. The van der Waals surface area contributed by atoms with Gasteiger partial charge in [0.05, 0.1) is 17.6 Å². The molecule has 0 atom stereocenters. The molecule has 20 heavy (non-hydrogen) atoms. The van der Waals surface area contributed by atoms with Crippen LogP contribution in [-0.2, 0) is 24.7 Å². The number of carbonyl (C=O) groups excluding carboxylic acids is 1. The predicted octanol–water partition coefficient (Wildman–Crippen LogP) is 2.93. The van der Waals surface area contributed by atoms with Crippen LogP contribution in [0.25, 0.3) is 10.9 Å². The van der Waals surface area contributed by atoms with E-state index in [0.29, 0.717) is 12.8 Å². The number of hydrogen-bond donors (Lipinski definition) is 0. The van der Waals surface area contributed by atoms with Crippen LogP contribution in [0.2, 0.25) is 0 Å². The average molecular weight is 264 g/mol. The molecule has 0 bridgehead atoms. The molecule has 2 aromatic carbocycles. The fraction of sp³-hybridized carbons (Fsp3) is 0.176. The fourth-order valence-corrected chi connectivity index (χ4v) is 2.49. The number of carbonyl (C=O) groups is 1. The largest absolute Gasteiger partial charge is 0.299 e. The van der Waals surface area contributed by atoms with Crippen molar-refractivity contribution in [2.75, 3.05) is 0 Å². The molecule has 3 aromatic rings. The Morgan fingerprint density at radius 2 is 1.70 bits per heavy atom. The van der Waals surface area contributed by atoms with E-state index >= 15 is 0 Å². The van der Waals surface area contributed by atoms with E-state index in [4.69, 9.17) is 0 Å². The Labute approximate surface area is 117 Å². The Balaban J connectivity index is 1.81. The van der Waals surface area contributed by atoms with Crippen LogP contribution in [0.4, 0.5) is 0 Å². The third kappa shape index (κ3) is 2.48. The first-order chi connectivity index (χ1) is 9.74. The van der Waals surface area contributed by atoms with Gasteiger partial charge in [0.1, 0.15) is 5.78 Å². The summed E-state index contributed by atoms with van der Waals surface area (Å²) in [5.74, 6) is 0.194. The van der Waals surface area contributed by atoms with Gasteiger partial charge in [0.15, 0.2) is 0 Å². The lowest BCUT2D eigenvalue weighted by molar-refractivity contribution is -0.117. The van der Waals surface area contributed by atoms with E-state index in [1.54, 1.807) is 0 Å². The number of benzene rings is 2. The smallest absolute Gasteiger partial charge is 0.143 e. The molecule has 3 nitrogen and oxygen atoms in total. The lowest BCUT2D eigenvalue weighted by atomic mass is 10.0. The molecule has 0 aliphatic heterocycles. The number of aryl methyl sites for hydroxylation is 1. The summed E-state index contributed by atoms with van der Waals surface area (Å²) >= 11 is 0. The van der Waals surface area contributed by atoms with Crippen molar-refractivity contribution in [2.24, 2.45) is 7.05 Å². The fourth-order valence-electron chi connectivity index (χ4n) is 2.49. The van der Waals surface area contributed by atoms with Crippen LogP contribution >= 0.6 is 0 Å². The van der Waals surface area contributed by atoms with E-state index in [1.165, 1.54) is 0 Å². The van der Waals surface area contributed by atoms with E-state index in [9.17, 15) is 4.79 Å². The Kier molecular flexibility index (Phi) is 3.33. The molecule has 0 amide bonds. The van der Waals surface area contributed by atoms with Gasteiger partial charge in [-0.25, -0.2) is 0 Å². The van der Waals surface area contributed by atoms with Crippen molar-refractivity contribution in [3.05, 3.63) is 65.9 Å². The molecule has 1 heterocycles. The zero-order valence-electron chi connectivity index (χ0n) is 11.4. The number of para-hydroxylation sites is 1. The summed E-state index contributed by atoms with van der Waals surface area (Å²) in [7, 11) is 1.91. The predicted molar refractivity (Wildman–Crippen MR) is 79.6 cm³/mol. The van der Waals surface area contributed by atoms with Crippen LogP contribution in [0.5, 0.6) is 0 Å². The molecule has 0 N–H and O–H groups in total. The third-order valence-electron chi connectivity index (χ3n) is 3.44. The highest BCUT2D eigenvalue weighted by Gasteiger charge is 2.12. The van der Waals surface area contributed by atoms with Gasteiger partial charge in [0.25, 0.3) is 0 Å². The van der Waals surface area contributed by atoms with Gasteiger partial charge in [-0.1, -0.05) is 48.5 Å². The van der Waals surface area contributed by atoms with Crippen molar-refractivity contribution in [2.45, 2.75) is 12.8 Å². The molecule has 0 fully saturated rings. The Morgan fingerprint density at radius 3 is 2.50 bits per heavy atom. The van der Waals surface area contributed by atoms with Gasteiger partial charge < -0.3 is 0 Å². The maximum absolute atomic E-state index is 12.2. The van der Waals surface area contributed by atoms with Crippen LogP contribution in [0.15, 0.2) is 54.6 Å². The minimum atomic E-state index is 0.194. The molecule has 0 saturated heterocycles. The van der Waals surface area contributed by atoms with E-state index in [0.717, 1.165) is 22.2 Å². The van der Waals surface area contributed by atoms with Gasteiger partial charge in [-0.2, -0.15) is 5.10 Å². The number of fused-ring (bicyclic) bond motifs is 1. The van der Waals surface area contributed by atoms with Crippen LogP contribution in [0.1, 0.15) is 11.3 Å². The molecule has 0 radical (unpaired) electrons. The zero-order chi connectivity index (χ0) is 13.9. The maximum atomic E-state index is 12.2. The van der Waals surface area contributed by atoms with Gasteiger partial charge in [0, 0.05) is 18.9 Å². The molecule has 0 aliphatic carbocycles. The standard InChI is InChI=1S/C17H16N2O/c1-19-17-10-6-5-9-15(17)16(18-19)12-14(20)11-13-7-3-2-4-8-13/h2-10H,11-12H2,1H3. The summed E-state index contributed by atoms with van der Waals surface area (Å²) in [5.41, 5.74) is 2.98. The lowest BCUT2D eigenvalue weighted by Crippen LogP contribution is -2.07. The number of ketones is 1. The minimum absolute atomic E-state index is 0.194. The number of rotatable bonds is 4. The molecule has 1 aromatic heterocycles. The van der Waals surface area contributed by atoms with E-state index in [1.807, 2.05) is 66.3 Å². The second kappa shape index (κ2) is 5.29. The number of hydrogen-bond acceptors (Lipinski definition) is 2. The maximum Gasteiger partial charge on any atom is 0.143 e. The van der Waals surface area contributed by atoms with Gasteiger partial charge in [-0.3, -0.25) is 9.48 Å². The van der Waals surface area contributed by atoms with E-state index in [2.05, 4.69) is 5.10 Å². The molecule has 3 heteroatoms. The first-order valence-corrected chi connectivity index (χ1v) is 6.70. The first-order valence-electron chi connectivity index (χ1n) is 6.70. The van der Waals surface area contributed by atoms with Crippen molar-refractivity contribution in [1.82, 2.24) is 9.78 Å². The summed E-state index contributed by atoms with van der Waals surface area (Å²) in [6.45, 7) is 0. The second-order valence-corrected chi connectivity index (χ2v) is 4.97. The van der Waals surface area contributed by atoms with Gasteiger partial charge in [-0.05, 0) is 11.6 Å². The molecule has 0 aliphatic rings. The van der Waals surface area contributed by atoms with Gasteiger partial charge in [0.2, 0.25) is 0 Å². The summed E-state index contributed by atoms with van der Waals surface area (Å²) in [5, 5.41) is 5.53. The minimum Gasteiger partial charge on any atom is -0.299 e. The highest BCUT2D eigenvalue weighted by atomic mass is 16.1. The molecule has 0 unspecified atom stereocenters. The van der Waals surface area contributed by atoms with E-state index in [-0.39, 0.29) is 5.78 Å². The molecular weight excluding hydrogens is 248 g/mol. The Bertz CT molecular complexity index is 744. The SMILES string of the molecule is Cn1nc(CC(=O)Cc2ccccc2)c2ccccc21. The molecular formula is C17H16N2O. The molecule has 0 saturated carbocycles. The van der Waals surface area contributed by atoms with Crippen molar-refractivity contribution >= 4 is 16.7 Å². The van der Waals surface area contributed by atoms with Crippen molar-refractivity contribution < 1.29 is 4.79 Å². The van der Waals surface area contributed by atoms with Crippen LogP contribution in [0.3, 0.4) is 0 Å². The Morgan fingerprint density at radius 1 is 1.00 bits per heavy atom. The summed E-state index contributed by atoms with van der Waals surface area (Å²) in [4.78, 5) is 12.2.